The molecule has 0 spiro atoms. The van der Waals surface area contributed by atoms with Crippen molar-refractivity contribution in [2.45, 2.75) is 4.90 Å². The number of aromatic nitrogens is 3. The molecule has 0 unspecified atom stereocenters. The number of pyridine rings is 1. The number of nitrogens with one attached hydrogen (secondary N) is 3. The van der Waals surface area contributed by atoms with Crippen molar-refractivity contribution in [1.29, 1.82) is 0 Å². The molecular weight excluding hydrogens is 425 g/mol. The summed E-state index contributed by atoms with van der Waals surface area (Å²) >= 11 is 0. The van der Waals surface area contributed by atoms with E-state index >= 15 is 0 Å². The number of aromatic amines is 1. The van der Waals surface area contributed by atoms with E-state index in [2.05, 4.69) is 20.1 Å². The molecule has 0 bridgehead atoms. The second kappa shape index (κ2) is 7.69. The smallest absolute Gasteiger partial charge is 0.261 e. The zero-order valence-electron chi connectivity index (χ0n) is 16.1. The minimum absolute atomic E-state index is 0.0109. The number of fused-ring (bicyclic) bond motifs is 1. The average molecular weight is 441 g/mol. The van der Waals surface area contributed by atoms with Crippen molar-refractivity contribution >= 4 is 38.3 Å². The van der Waals surface area contributed by atoms with Crippen molar-refractivity contribution in [2.24, 2.45) is 7.05 Å². The van der Waals surface area contributed by atoms with E-state index in [1.54, 1.807) is 19.3 Å². The second-order valence-corrected chi connectivity index (χ2v) is 8.38. The van der Waals surface area contributed by atoms with Gasteiger partial charge >= 0.3 is 0 Å². The first-order chi connectivity index (χ1) is 14.7. The summed E-state index contributed by atoms with van der Waals surface area (Å²) < 4.78 is 42.5. The minimum Gasteiger partial charge on any atom is -0.322 e. The Balaban J connectivity index is 1.74. The Morgan fingerprint density at radius 3 is 2.52 bits per heavy atom. The van der Waals surface area contributed by atoms with E-state index in [0.717, 1.165) is 18.2 Å². The van der Waals surface area contributed by atoms with Crippen molar-refractivity contribution < 1.29 is 17.6 Å². The molecule has 2 aromatic heterocycles. The molecule has 0 aliphatic carbocycles. The first kappa shape index (κ1) is 20.3. The van der Waals surface area contributed by atoms with Gasteiger partial charge in [0.25, 0.3) is 15.9 Å². The van der Waals surface area contributed by atoms with Crippen LogP contribution in [-0.4, -0.2) is 29.1 Å². The van der Waals surface area contributed by atoms with E-state index in [1.807, 2.05) is 0 Å². The van der Waals surface area contributed by atoms with Gasteiger partial charge in [-0.3, -0.25) is 19.0 Å². The predicted molar refractivity (Wildman–Crippen MR) is 113 cm³/mol. The van der Waals surface area contributed by atoms with Crippen LogP contribution in [-0.2, 0) is 17.1 Å². The quantitative estimate of drug-likeness (QED) is 0.439. The Labute approximate surface area is 175 Å². The summed E-state index contributed by atoms with van der Waals surface area (Å²) in [5.41, 5.74) is -0.0579. The number of amides is 1. The van der Waals surface area contributed by atoms with Crippen LogP contribution in [0.25, 0.3) is 10.9 Å². The molecular formula is C20H16FN5O4S. The van der Waals surface area contributed by atoms with Crippen molar-refractivity contribution in [3.05, 3.63) is 82.5 Å². The van der Waals surface area contributed by atoms with Gasteiger partial charge in [0, 0.05) is 42.0 Å². The van der Waals surface area contributed by atoms with Crippen molar-refractivity contribution in [3.8, 4) is 0 Å². The first-order valence-electron chi connectivity index (χ1n) is 8.98. The maximum absolute atomic E-state index is 13.1. The Kier molecular flexibility index (Phi) is 5.03. The Bertz CT molecular complexity index is 1460. The highest BCUT2D eigenvalue weighted by molar-refractivity contribution is 7.92. The Morgan fingerprint density at radius 1 is 1.10 bits per heavy atom. The number of sulfonamides is 1. The summed E-state index contributed by atoms with van der Waals surface area (Å²) in [4.78, 5) is 27.2. The van der Waals surface area contributed by atoms with Gasteiger partial charge in [0.2, 0.25) is 5.56 Å². The summed E-state index contributed by atoms with van der Waals surface area (Å²) in [5.74, 6) is -0.834. The molecule has 4 aromatic rings. The third kappa shape index (κ3) is 4.31. The molecule has 0 saturated carbocycles. The van der Waals surface area contributed by atoms with Gasteiger partial charge in [0.1, 0.15) is 5.82 Å². The monoisotopic (exact) mass is 441 g/mol. The van der Waals surface area contributed by atoms with Crippen molar-refractivity contribution in [2.75, 3.05) is 10.0 Å². The molecule has 0 radical (unpaired) electrons. The van der Waals surface area contributed by atoms with Gasteiger partial charge in [-0.15, -0.1) is 0 Å². The van der Waals surface area contributed by atoms with Gasteiger partial charge in [0.15, 0.2) is 5.82 Å². The number of H-pyrrole nitrogens is 1. The summed E-state index contributed by atoms with van der Waals surface area (Å²) in [6, 6.07) is 11.5. The van der Waals surface area contributed by atoms with Crippen molar-refractivity contribution in [3.63, 3.8) is 0 Å². The number of carbonyl (C=O) groups excluding carboxylic acids is 1. The lowest BCUT2D eigenvalue weighted by Crippen LogP contribution is -2.18. The predicted octanol–water partition coefficient (Wildman–Crippen LogP) is 2.45. The number of halogens is 1. The molecule has 4 rings (SSSR count). The van der Waals surface area contributed by atoms with Crippen LogP contribution in [0.3, 0.4) is 0 Å². The van der Waals surface area contributed by atoms with E-state index in [4.69, 9.17) is 0 Å². The van der Waals surface area contributed by atoms with E-state index < -0.39 is 27.3 Å². The summed E-state index contributed by atoms with van der Waals surface area (Å²) in [5, 5.41) is 6.86. The van der Waals surface area contributed by atoms with Crippen LogP contribution in [0, 0.1) is 5.82 Å². The summed E-state index contributed by atoms with van der Waals surface area (Å²) in [6.07, 6.45) is 1.64. The van der Waals surface area contributed by atoms with Crippen LogP contribution in [0.5, 0.6) is 0 Å². The molecule has 31 heavy (non-hydrogen) atoms. The molecule has 0 aliphatic heterocycles. The largest absolute Gasteiger partial charge is 0.322 e. The SMILES string of the molecule is Cn1ccc(NC(=O)c2cc(=O)[nH]c3ccc(S(=O)(=O)Nc4ccc(F)cc4)cc23)n1. The molecule has 9 nitrogen and oxygen atoms in total. The zero-order valence-corrected chi connectivity index (χ0v) is 16.9. The highest BCUT2D eigenvalue weighted by Crippen LogP contribution is 2.23. The maximum Gasteiger partial charge on any atom is 0.261 e. The van der Waals surface area contributed by atoms with Crippen LogP contribution >= 0.6 is 0 Å². The van der Waals surface area contributed by atoms with Gasteiger partial charge in [-0.25, -0.2) is 12.8 Å². The number of benzene rings is 2. The molecule has 11 heteroatoms. The molecule has 0 aliphatic rings. The molecule has 158 valence electrons. The normalized spacial score (nSPS) is 11.4. The molecule has 0 atom stereocenters. The number of carbonyl (C=O) groups is 1. The van der Waals surface area contributed by atoms with Crippen LogP contribution in [0.1, 0.15) is 10.4 Å². The first-order valence-corrected chi connectivity index (χ1v) is 10.5. The van der Waals surface area contributed by atoms with E-state index in [9.17, 15) is 22.4 Å². The number of anilines is 2. The fourth-order valence-corrected chi connectivity index (χ4v) is 4.07. The molecule has 3 N–H and O–H groups in total. The maximum atomic E-state index is 13.1. The standard InChI is InChI=1S/C20H16FN5O4S/c1-26-9-8-18(24-26)23-20(28)16-11-19(27)22-17-7-6-14(10-15(16)17)31(29,30)25-13-4-2-12(21)3-5-13/h2-11,25H,1H3,(H,22,27)(H,23,24,28). The fourth-order valence-electron chi connectivity index (χ4n) is 2.99. The number of hydrogen-bond acceptors (Lipinski definition) is 5. The number of nitrogens with zero attached hydrogens (tertiary/aromatic N) is 2. The molecule has 2 heterocycles. The van der Waals surface area contributed by atoms with Crippen LogP contribution < -0.4 is 15.6 Å². The summed E-state index contributed by atoms with van der Waals surface area (Å²) in [6.45, 7) is 0. The minimum atomic E-state index is -4.04. The van der Waals surface area contributed by atoms with Crippen LogP contribution in [0.15, 0.2) is 70.5 Å². The van der Waals surface area contributed by atoms with Gasteiger partial charge in [-0.2, -0.15) is 5.10 Å². The zero-order chi connectivity index (χ0) is 22.2. The number of aryl methyl sites for hydroxylation is 1. The molecule has 0 saturated heterocycles. The second-order valence-electron chi connectivity index (χ2n) is 6.70. The van der Waals surface area contributed by atoms with Crippen LogP contribution in [0.4, 0.5) is 15.9 Å². The van der Waals surface area contributed by atoms with Gasteiger partial charge in [-0.1, -0.05) is 0 Å². The van der Waals surface area contributed by atoms with Gasteiger partial charge in [-0.05, 0) is 42.5 Å². The molecule has 2 aromatic carbocycles. The van der Waals surface area contributed by atoms with Gasteiger partial charge in [0.05, 0.1) is 10.5 Å². The highest BCUT2D eigenvalue weighted by atomic mass is 32.2. The lowest BCUT2D eigenvalue weighted by atomic mass is 10.1. The Hall–Kier alpha value is -3.99. The Morgan fingerprint density at radius 2 is 1.84 bits per heavy atom. The summed E-state index contributed by atoms with van der Waals surface area (Å²) in [7, 11) is -2.35. The number of rotatable bonds is 5. The third-order valence-electron chi connectivity index (χ3n) is 4.42. The topological polar surface area (TPSA) is 126 Å². The number of hydrogen-bond donors (Lipinski definition) is 3. The third-order valence-corrected chi connectivity index (χ3v) is 5.80. The molecule has 1 amide bonds. The lowest BCUT2D eigenvalue weighted by Gasteiger charge is -2.11. The van der Waals surface area contributed by atoms with Gasteiger partial charge < -0.3 is 10.3 Å². The average Bonchev–Trinajstić information content (AvgIpc) is 3.13. The van der Waals surface area contributed by atoms with E-state index in [-0.39, 0.29) is 27.4 Å². The van der Waals surface area contributed by atoms with E-state index in [0.29, 0.717) is 5.52 Å². The van der Waals surface area contributed by atoms with Crippen LogP contribution in [0.2, 0.25) is 0 Å². The fraction of sp³-hybridized carbons (Fsp3) is 0.0500. The van der Waals surface area contributed by atoms with Crippen molar-refractivity contribution in [1.82, 2.24) is 14.8 Å². The lowest BCUT2D eigenvalue weighted by molar-refractivity contribution is 0.102. The molecule has 0 fully saturated rings. The highest BCUT2D eigenvalue weighted by Gasteiger charge is 2.19. The van der Waals surface area contributed by atoms with E-state index in [1.165, 1.54) is 35.0 Å².